The van der Waals surface area contributed by atoms with Crippen molar-refractivity contribution in [3.8, 4) is 0 Å². The zero-order valence-corrected chi connectivity index (χ0v) is 14.2. The number of rotatable bonds is 4. The normalized spacial score (nSPS) is 19.1. The first-order valence-corrected chi connectivity index (χ1v) is 8.47. The minimum Gasteiger partial charge on any atom is -0.370 e. The van der Waals surface area contributed by atoms with Gasteiger partial charge in [-0.3, -0.25) is 4.79 Å². The largest absolute Gasteiger partial charge is 0.370 e. The Hall–Kier alpha value is -1.88. The van der Waals surface area contributed by atoms with Gasteiger partial charge in [-0.1, -0.05) is 60.1 Å². The third-order valence-corrected chi connectivity index (χ3v) is 4.59. The van der Waals surface area contributed by atoms with Crippen LogP contribution in [0.25, 0.3) is 0 Å². The van der Waals surface area contributed by atoms with E-state index in [4.69, 9.17) is 22.1 Å². The molecule has 0 aliphatic carbocycles. The molecule has 3 rings (SSSR count). The van der Waals surface area contributed by atoms with Gasteiger partial charge in [0, 0.05) is 17.1 Å². The van der Waals surface area contributed by atoms with E-state index in [1.54, 1.807) is 4.90 Å². The highest BCUT2D eigenvalue weighted by Crippen LogP contribution is 2.28. The molecule has 0 unspecified atom stereocenters. The van der Waals surface area contributed by atoms with Crippen molar-refractivity contribution >= 4 is 17.5 Å². The zero-order chi connectivity index (χ0) is 16.9. The van der Waals surface area contributed by atoms with E-state index >= 15 is 0 Å². The van der Waals surface area contributed by atoms with Gasteiger partial charge in [0.15, 0.2) is 0 Å². The smallest absolute Gasteiger partial charge is 0.240 e. The van der Waals surface area contributed by atoms with Gasteiger partial charge in [-0.15, -0.1) is 0 Å². The predicted octanol–water partition coefficient (Wildman–Crippen LogP) is 2.81. The van der Waals surface area contributed by atoms with Crippen LogP contribution >= 0.6 is 11.6 Å². The fourth-order valence-corrected chi connectivity index (χ4v) is 3.22. The standard InChI is InChI=1S/C19H21ClN2O2/c20-16-9-5-4-8-15(16)18-13-22(10-11-24-18)19(23)17(21)12-14-6-2-1-3-7-14/h1-9,17-18H,10-13,21H2/t17-,18-/m0/s1. The molecule has 1 aliphatic heterocycles. The summed E-state index contributed by atoms with van der Waals surface area (Å²) < 4.78 is 5.80. The summed E-state index contributed by atoms with van der Waals surface area (Å²) in [6.07, 6.45) is 0.327. The molecule has 1 amide bonds. The Morgan fingerprint density at radius 1 is 1.21 bits per heavy atom. The van der Waals surface area contributed by atoms with E-state index in [-0.39, 0.29) is 12.0 Å². The number of nitrogens with two attached hydrogens (primary N) is 1. The topological polar surface area (TPSA) is 55.6 Å². The molecule has 24 heavy (non-hydrogen) atoms. The molecule has 0 aromatic heterocycles. The zero-order valence-electron chi connectivity index (χ0n) is 13.4. The number of carbonyl (C=O) groups excluding carboxylic acids is 1. The number of amides is 1. The third kappa shape index (κ3) is 3.96. The van der Waals surface area contributed by atoms with Crippen molar-refractivity contribution in [1.29, 1.82) is 0 Å². The summed E-state index contributed by atoms with van der Waals surface area (Å²) in [6.45, 7) is 1.52. The van der Waals surface area contributed by atoms with Crippen molar-refractivity contribution in [2.75, 3.05) is 19.7 Å². The van der Waals surface area contributed by atoms with Crippen LogP contribution in [0.15, 0.2) is 54.6 Å². The van der Waals surface area contributed by atoms with Crippen LogP contribution in [0.3, 0.4) is 0 Å². The van der Waals surface area contributed by atoms with Crippen LogP contribution in [0.2, 0.25) is 5.02 Å². The maximum absolute atomic E-state index is 12.7. The molecule has 2 aromatic carbocycles. The van der Waals surface area contributed by atoms with Crippen LogP contribution < -0.4 is 5.73 Å². The quantitative estimate of drug-likeness (QED) is 0.927. The van der Waals surface area contributed by atoms with Crippen molar-refractivity contribution < 1.29 is 9.53 Å². The predicted molar refractivity (Wildman–Crippen MR) is 94.8 cm³/mol. The molecule has 0 spiro atoms. The molecule has 4 nitrogen and oxygen atoms in total. The fraction of sp³-hybridized carbons (Fsp3) is 0.316. The molecule has 2 aromatic rings. The SMILES string of the molecule is N[C@@H](Cc1ccccc1)C(=O)N1CCO[C@H](c2ccccc2Cl)C1. The van der Waals surface area contributed by atoms with Crippen LogP contribution in [-0.4, -0.2) is 36.5 Å². The van der Waals surface area contributed by atoms with Gasteiger partial charge in [0.1, 0.15) is 6.10 Å². The Balaban J connectivity index is 1.66. The molecule has 5 heteroatoms. The van der Waals surface area contributed by atoms with E-state index in [0.29, 0.717) is 31.1 Å². The molecular formula is C19H21ClN2O2. The van der Waals surface area contributed by atoms with Crippen molar-refractivity contribution in [2.24, 2.45) is 5.73 Å². The average molecular weight is 345 g/mol. The first kappa shape index (κ1) is 17.0. The Morgan fingerprint density at radius 2 is 1.92 bits per heavy atom. The van der Waals surface area contributed by atoms with Gasteiger partial charge in [-0.05, 0) is 18.1 Å². The Morgan fingerprint density at radius 3 is 2.67 bits per heavy atom. The van der Waals surface area contributed by atoms with Gasteiger partial charge < -0.3 is 15.4 Å². The number of ether oxygens (including phenoxy) is 1. The molecule has 126 valence electrons. The summed E-state index contributed by atoms with van der Waals surface area (Å²) in [7, 11) is 0. The van der Waals surface area contributed by atoms with E-state index in [1.807, 2.05) is 54.6 Å². The first-order valence-electron chi connectivity index (χ1n) is 8.09. The van der Waals surface area contributed by atoms with E-state index in [2.05, 4.69) is 0 Å². The van der Waals surface area contributed by atoms with E-state index in [9.17, 15) is 4.79 Å². The molecule has 0 saturated carbocycles. The highest BCUT2D eigenvalue weighted by atomic mass is 35.5. The maximum Gasteiger partial charge on any atom is 0.240 e. The summed E-state index contributed by atoms with van der Waals surface area (Å²) in [6, 6.07) is 16.9. The summed E-state index contributed by atoms with van der Waals surface area (Å²) in [4.78, 5) is 14.5. The van der Waals surface area contributed by atoms with E-state index in [0.717, 1.165) is 11.1 Å². The molecule has 0 radical (unpaired) electrons. The molecule has 1 saturated heterocycles. The van der Waals surface area contributed by atoms with Gasteiger partial charge in [0.2, 0.25) is 5.91 Å². The van der Waals surface area contributed by atoms with Gasteiger partial charge in [-0.2, -0.15) is 0 Å². The van der Waals surface area contributed by atoms with Crippen molar-refractivity contribution in [2.45, 2.75) is 18.6 Å². The lowest BCUT2D eigenvalue weighted by molar-refractivity contribution is -0.140. The van der Waals surface area contributed by atoms with Gasteiger partial charge in [-0.25, -0.2) is 0 Å². The molecular weight excluding hydrogens is 324 g/mol. The molecule has 2 atom stereocenters. The highest BCUT2D eigenvalue weighted by Gasteiger charge is 2.29. The second-order valence-corrected chi connectivity index (χ2v) is 6.37. The number of hydrogen-bond donors (Lipinski definition) is 1. The van der Waals surface area contributed by atoms with Gasteiger partial charge in [0.05, 0.1) is 19.2 Å². The number of halogens is 1. The Kier molecular flexibility index (Phi) is 5.51. The molecule has 2 N–H and O–H groups in total. The summed E-state index contributed by atoms with van der Waals surface area (Å²) in [5, 5.41) is 0.658. The summed E-state index contributed by atoms with van der Waals surface area (Å²) in [5.41, 5.74) is 8.11. The molecule has 1 aliphatic rings. The monoisotopic (exact) mass is 344 g/mol. The lowest BCUT2D eigenvalue weighted by atomic mass is 10.0. The summed E-state index contributed by atoms with van der Waals surface area (Å²) >= 11 is 6.25. The second-order valence-electron chi connectivity index (χ2n) is 5.96. The van der Waals surface area contributed by atoms with Crippen molar-refractivity contribution in [1.82, 2.24) is 4.90 Å². The lowest BCUT2D eigenvalue weighted by Crippen LogP contribution is -2.50. The number of carbonyl (C=O) groups is 1. The third-order valence-electron chi connectivity index (χ3n) is 4.25. The van der Waals surface area contributed by atoms with Crippen LogP contribution in [0.1, 0.15) is 17.2 Å². The van der Waals surface area contributed by atoms with Crippen LogP contribution in [0, 0.1) is 0 Å². The first-order chi connectivity index (χ1) is 11.6. The van der Waals surface area contributed by atoms with Crippen molar-refractivity contribution in [3.05, 3.63) is 70.7 Å². The maximum atomic E-state index is 12.7. The van der Waals surface area contributed by atoms with Gasteiger partial charge in [0.25, 0.3) is 0 Å². The van der Waals surface area contributed by atoms with Gasteiger partial charge >= 0.3 is 0 Å². The number of benzene rings is 2. The average Bonchev–Trinajstić information content (AvgIpc) is 2.62. The minimum atomic E-state index is -0.544. The molecule has 1 fully saturated rings. The fourth-order valence-electron chi connectivity index (χ4n) is 2.96. The lowest BCUT2D eigenvalue weighted by Gasteiger charge is -2.35. The van der Waals surface area contributed by atoms with Crippen LogP contribution in [-0.2, 0) is 16.0 Å². The molecule has 1 heterocycles. The Bertz CT molecular complexity index is 693. The highest BCUT2D eigenvalue weighted by molar-refractivity contribution is 6.31. The Labute approximate surface area is 147 Å². The van der Waals surface area contributed by atoms with E-state index < -0.39 is 6.04 Å². The summed E-state index contributed by atoms with van der Waals surface area (Å²) in [5.74, 6) is -0.0424. The molecule has 0 bridgehead atoms. The number of hydrogen-bond acceptors (Lipinski definition) is 3. The van der Waals surface area contributed by atoms with Crippen molar-refractivity contribution in [3.63, 3.8) is 0 Å². The second kappa shape index (κ2) is 7.79. The van der Waals surface area contributed by atoms with Crippen LogP contribution in [0.4, 0.5) is 0 Å². The number of nitrogens with zero attached hydrogens (tertiary/aromatic N) is 1. The van der Waals surface area contributed by atoms with E-state index in [1.165, 1.54) is 0 Å². The van der Waals surface area contributed by atoms with Crippen LogP contribution in [0.5, 0.6) is 0 Å². The number of morpholine rings is 1. The minimum absolute atomic E-state index is 0.0424.